The minimum absolute atomic E-state index is 0.0136. The number of nitrogens with one attached hydrogen (secondary N) is 1. The molecule has 0 aliphatic carbocycles. The first-order valence-corrected chi connectivity index (χ1v) is 11.0. The lowest BCUT2D eigenvalue weighted by atomic mass is 9.85. The summed E-state index contributed by atoms with van der Waals surface area (Å²) in [6.45, 7) is 2.96. The van der Waals surface area contributed by atoms with Crippen LogP contribution in [0.2, 0.25) is 0 Å². The van der Waals surface area contributed by atoms with Crippen LogP contribution in [0.4, 0.5) is 5.82 Å². The normalized spacial score (nSPS) is 17.7. The Labute approximate surface area is 187 Å². The van der Waals surface area contributed by atoms with Crippen LogP contribution in [0.25, 0.3) is 0 Å². The average Bonchev–Trinajstić information content (AvgIpc) is 2.83. The summed E-state index contributed by atoms with van der Waals surface area (Å²) in [6, 6.07) is 19.1. The van der Waals surface area contributed by atoms with Crippen LogP contribution in [0, 0.1) is 12.8 Å². The molecule has 3 heterocycles. The first-order valence-electron chi connectivity index (χ1n) is 11.0. The molecular weight excluding hydrogens is 402 g/mol. The van der Waals surface area contributed by atoms with Crippen LogP contribution in [-0.4, -0.2) is 34.8 Å². The Balaban J connectivity index is 1.38. The number of anilines is 1. The molecule has 5 rings (SSSR count). The van der Waals surface area contributed by atoms with Crippen molar-refractivity contribution in [2.75, 3.05) is 18.4 Å². The topological polar surface area (TPSA) is 71.5 Å². The largest absolute Gasteiger partial charge is 0.457 e. The molecular formula is C26H25N3O3. The summed E-state index contributed by atoms with van der Waals surface area (Å²) in [6.07, 6.45) is 3.21. The number of hydrogen-bond acceptors (Lipinski definition) is 4. The van der Waals surface area contributed by atoms with Gasteiger partial charge in [0.2, 0.25) is 11.8 Å². The summed E-state index contributed by atoms with van der Waals surface area (Å²) in [5.74, 6) is 1.23. The number of benzene rings is 2. The molecule has 162 valence electrons. The van der Waals surface area contributed by atoms with Gasteiger partial charge in [0.05, 0.1) is 11.8 Å². The highest BCUT2D eigenvalue weighted by Crippen LogP contribution is 2.45. The third-order valence-corrected chi connectivity index (χ3v) is 6.28. The van der Waals surface area contributed by atoms with Gasteiger partial charge in [-0.15, -0.1) is 0 Å². The van der Waals surface area contributed by atoms with Gasteiger partial charge in [-0.25, -0.2) is 4.98 Å². The molecule has 1 unspecified atom stereocenters. The maximum atomic E-state index is 13.8. The fraction of sp³-hybridized carbons (Fsp3) is 0.269. The monoisotopic (exact) mass is 427 g/mol. The fourth-order valence-electron chi connectivity index (χ4n) is 4.59. The zero-order chi connectivity index (χ0) is 22.1. The van der Waals surface area contributed by atoms with Crippen molar-refractivity contribution in [2.45, 2.75) is 25.7 Å². The average molecular weight is 428 g/mol. The summed E-state index contributed by atoms with van der Waals surface area (Å²) in [4.78, 5) is 32.8. The maximum Gasteiger partial charge on any atom is 0.234 e. The van der Waals surface area contributed by atoms with Crippen molar-refractivity contribution in [3.05, 3.63) is 83.6 Å². The predicted octanol–water partition coefficient (Wildman–Crippen LogP) is 4.50. The van der Waals surface area contributed by atoms with Gasteiger partial charge < -0.3 is 15.0 Å². The number of aromatic nitrogens is 1. The molecule has 1 N–H and O–H groups in total. The summed E-state index contributed by atoms with van der Waals surface area (Å²) < 4.78 is 6.04. The minimum Gasteiger partial charge on any atom is -0.457 e. The van der Waals surface area contributed by atoms with E-state index < -0.39 is 5.92 Å². The molecule has 1 saturated heterocycles. The second-order valence-electron chi connectivity index (χ2n) is 8.39. The van der Waals surface area contributed by atoms with E-state index in [0.717, 1.165) is 29.5 Å². The van der Waals surface area contributed by atoms with Gasteiger partial charge in [-0.05, 0) is 43.5 Å². The van der Waals surface area contributed by atoms with Crippen LogP contribution in [0.3, 0.4) is 0 Å². The number of nitrogens with zero attached hydrogens (tertiary/aromatic N) is 2. The Morgan fingerprint density at radius 1 is 1.00 bits per heavy atom. The van der Waals surface area contributed by atoms with E-state index >= 15 is 0 Å². The maximum absolute atomic E-state index is 13.8. The van der Waals surface area contributed by atoms with E-state index in [9.17, 15) is 9.59 Å². The number of aryl methyl sites for hydroxylation is 1. The van der Waals surface area contributed by atoms with E-state index in [1.807, 2.05) is 72.5 Å². The molecule has 2 aliphatic rings. The van der Waals surface area contributed by atoms with Crippen molar-refractivity contribution >= 4 is 17.6 Å². The molecule has 2 aromatic carbocycles. The Morgan fingerprint density at radius 3 is 2.38 bits per heavy atom. The van der Waals surface area contributed by atoms with Crippen molar-refractivity contribution < 1.29 is 14.3 Å². The lowest BCUT2D eigenvalue weighted by molar-refractivity contribution is -0.135. The van der Waals surface area contributed by atoms with E-state index in [4.69, 9.17) is 4.74 Å². The van der Waals surface area contributed by atoms with Crippen LogP contribution >= 0.6 is 0 Å². The number of ether oxygens (including phenoxy) is 1. The molecule has 6 nitrogen and oxygen atoms in total. The standard InChI is InChI=1S/C26H25N3O3/c1-17-8-6-14-27-24(17)28-25(30)18-9-7-15-29(16-18)26(31)23-19-10-2-4-12-21(19)32-22-13-5-3-11-20(22)23/h2-6,8,10-14,18,23H,7,9,15-16H2,1H3,(H,27,28,30). The van der Waals surface area contributed by atoms with Crippen LogP contribution < -0.4 is 10.1 Å². The summed E-state index contributed by atoms with van der Waals surface area (Å²) in [7, 11) is 0. The van der Waals surface area contributed by atoms with E-state index in [0.29, 0.717) is 30.4 Å². The van der Waals surface area contributed by atoms with E-state index in [2.05, 4.69) is 10.3 Å². The SMILES string of the molecule is Cc1cccnc1NC(=O)C1CCCN(C(=O)C2c3ccccc3Oc3ccccc32)C1. The molecule has 0 radical (unpaired) electrons. The van der Waals surface area contributed by atoms with E-state index in [-0.39, 0.29) is 17.7 Å². The van der Waals surface area contributed by atoms with Crippen molar-refractivity contribution in [3.8, 4) is 11.5 Å². The highest BCUT2D eigenvalue weighted by atomic mass is 16.5. The van der Waals surface area contributed by atoms with Crippen molar-refractivity contribution in [3.63, 3.8) is 0 Å². The first-order chi connectivity index (χ1) is 15.6. The zero-order valence-corrected chi connectivity index (χ0v) is 18.0. The summed E-state index contributed by atoms with van der Waals surface area (Å²) >= 11 is 0. The quantitative estimate of drug-likeness (QED) is 0.668. The number of carbonyl (C=O) groups excluding carboxylic acids is 2. The second kappa shape index (κ2) is 8.46. The zero-order valence-electron chi connectivity index (χ0n) is 18.0. The van der Waals surface area contributed by atoms with Crippen molar-refractivity contribution in [2.24, 2.45) is 5.92 Å². The number of likely N-dealkylation sites (tertiary alicyclic amines) is 1. The highest BCUT2D eigenvalue weighted by Gasteiger charge is 2.37. The van der Waals surface area contributed by atoms with Gasteiger partial charge >= 0.3 is 0 Å². The van der Waals surface area contributed by atoms with Crippen LogP contribution in [0.15, 0.2) is 66.9 Å². The van der Waals surface area contributed by atoms with Gasteiger partial charge in [-0.1, -0.05) is 42.5 Å². The van der Waals surface area contributed by atoms with E-state index in [1.165, 1.54) is 0 Å². The van der Waals surface area contributed by atoms with Gasteiger partial charge in [-0.2, -0.15) is 0 Å². The Morgan fingerprint density at radius 2 is 1.69 bits per heavy atom. The number of piperidine rings is 1. The molecule has 1 aromatic heterocycles. The summed E-state index contributed by atoms with van der Waals surface area (Å²) in [5.41, 5.74) is 2.65. The third kappa shape index (κ3) is 3.73. The lowest BCUT2D eigenvalue weighted by Gasteiger charge is -2.36. The number of carbonyl (C=O) groups is 2. The number of amides is 2. The lowest BCUT2D eigenvalue weighted by Crippen LogP contribution is -2.46. The van der Waals surface area contributed by atoms with E-state index in [1.54, 1.807) is 6.20 Å². The number of rotatable bonds is 3. The Kier molecular flexibility index (Phi) is 5.35. The molecule has 1 fully saturated rings. The molecule has 0 saturated carbocycles. The number of pyridine rings is 1. The molecule has 2 aliphatic heterocycles. The first kappa shape index (κ1) is 20.2. The van der Waals surface area contributed by atoms with Gasteiger partial charge in [-0.3, -0.25) is 9.59 Å². The van der Waals surface area contributed by atoms with Gasteiger partial charge in [0.1, 0.15) is 17.3 Å². The molecule has 0 bridgehead atoms. The van der Waals surface area contributed by atoms with Gasteiger partial charge in [0.15, 0.2) is 0 Å². The minimum atomic E-state index is -0.434. The molecule has 0 spiro atoms. The van der Waals surface area contributed by atoms with Crippen LogP contribution in [-0.2, 0) is 9.59 Å². The second-order valence-corrected chi connectivity index (χ2v) is 8.39. The van der Waals surface area contributed by atoms with Gasteiger partial charge in [0.25, 0.3) is 0 Å². The van der Waals surface area contributed by atoms with Crippen molar-refractivity contribution in [1.29, 1.82) is 0 Å². The van der Waals surface area contributed by atoms with Crippen molar-refractivity contribution in [1.82, 2.24) is 9.88 Å². The van der Waals surface area contributed by atoms with Gasteiger partial charge in [0, 0.05) is 30.4 Å². The smallest absolute Gasteiger partial charge is 0.234 e. The molecule has 2 amide bonds. The third-order valence-electron chi connectivity index (χ3n) is 6.28. The van der Waals surface area contributed by atoms with Crippen LogP contribution in [0.5, 0.6) is 11.5 Å². The number of hydrogen-bond donors (Lipinski definition) is 1. The molecule has 3 aromatic rings. The molecule has 6 heteroatoms. The molecule has 1 atom stereocenters. The Bertz CT molecular complexity index is 1130. The molecule has 32 heavy (non-hydrogen) atoms. The predicted molar refractivity (Wildman–Crippen MR) is 122 cm³/mol. The summed E-state index contributed by atoms with van der Waals surface area (Å²) in [5, 5.41) is 2.94. The Hall–Kier alpha value is -3.67. The highest BCUT2D eigenvalue weighted by molar-refractivity contribution is 5.94. The number of para-hydroxylation sites is 2. The van der Waals surface area contributed by atoms with Crippen LogP contribution in [0.1, 0.15) is 35.4 Å². The number of fused-ring (bicyclic) bond motifs is 2. The fourth-order valence-corrected chi connectivity index (χ4v) is 4.59.